The van der Waals surface area contributed by atoms with E-state index in [0.717, 1.165) is 32.7 Å². The van der Waals surface area contributed by atoms with Crippen molar-refractivity contribution in [3.63, 3.8) is 0 Å². The monoisotopic (exact) mass is 230 g/mol. The highest BCUT2D eigenvalue weighted by atomic mass is 16.5. The summed E-state index contributed by atoms with van der Waals surface area (Å²) in [5.74, 6) is 0. The van der Waals surface area contributed by atoms with Crippen LogP contribution in [0.25, 0.3) is 0 Å². The van der Waals surface area contributed by atoms with Crippen LogP contribution < -0.4 is 5.32 Å². The van der Waals surface area contributed by atoms with Gasteiger partial charge in [-0.1, -0.05) is 6.92 Å². The van der Waals surface area contributed by atoms with Crippen molar-refractivity contribution >= 4 is 0 Å². The van der Waals surface area contributed by atoms with Gasteiger partial charge in [-0.25, -0.2) is 0 Å². The second kappa shape index (κ2) is 7.22. The van der Waals surface area contributed by atoms with Gasteiger partial charge >= 0.3 is 0 Å². The smallest absolute Gasteiger partial charge is 0.0703 e. The molecule has 16 heavy (non-hydrogen) atoms. The maximum Gasteiger partial charge on any atom is 0.0703 e. The third-order valence-electron chi connectivity index (χ3n) is 3.42. The van der Waals surface area contributed by atoms with E-state index in [9.17, 15) is 0 Å². The maximum atomic E-state index is 5.62. The lowest BCUT2D eigenvalue weighted by molar-refractivity contribution is 0.0407. The van der Waals surface area contributed by atoms with E-state index in [1.54, 1.807) is 7.11 Å². The number of hydrogen-bond acceptors (Lipinski definition) is 4. The lowest BCUT2D eigenvalue weighted by Crippen LogP contribution is -2.50. The van der Waals surface area contributed by atoms with Crippen LogP contribution in [0.5, 0.6) is 0 Å². The summed E-state index contributed by atoms with van der Waals surface area (Å²) in [6, 6.07) is 0.956. The van der Waals surface area contributed by atoms with Gasteiger partial charge in [0, 0.05) is 32.3 Å². The van der Waals surface area contributed by atoms with Crippen LogP contribution in [0.1, 0.15) is 20.3 Å². The molecule has 0 radical (unpaired) electrons. The standard InChI is InChI=1S/C12H26N2O2/c1-5-13-8-11(9-15-4)14(3)12-6-7-16-10(12)2/h10-13H,5-9H2,1-4H3. The summed E-state index contributed by atoms with van der Waals surface area (Å²) in [5, 5.41) is 3.39. The van der Waals surface area contributed by atoms with Gasteiger partial charge < -0.3 is 14.8 Å². The highest BCUT2D eigenvalue weighted by Crippen LogP contribution is 2.20. The Labute approximate surface area is 99.3 Å². The molecule has 0 aromatic carbocycles. The van der Waals surface area contributed by atoms with Crippen molar-refractivity contribution in [3.05, 3.63) is 0 Å². The number of nitrogens with zero attached hydrogens (tertiary/aromatic N) is 1. The first-order valence-corrected chi connectivity index (χ1v) is 6.23. The lowest BCUT2D eigenvalue weighted by atomic mass is 10.1. The zero-order valence-corrected chi connectivity index (χ0v) is 11.0. The van der Waals surface area contributed by atoms with E-state index in [-0.39, 0.29) is 0 Å². The van der Waals surface area contributed by atoms with Crippen LogP contribution in [0.3, 0.4) is 0 Å². The van der Waals surface area contributed by atoms with Crippen LogP contribution in [-0.4, -0.2) is 63.5 Å². The Bertz CT molecular complexity index is 190. The summed E-state index contributed by atoms with van der Waals surface area (Å²) >= 11 is 0. The molecule has 96 valence electrons. The molecular weight excluding hydrogens is 204 g/mol. The highest BCUT2D eigenvalue weighted by Gasteiger charge is 2.31. The third kappa shape index (κ3) is 3.70. The molecule has 1 fully saturated rings. The van der Waals surface area contributed by atoms with Crippen LogP contribution in [0.2, 0.25) is 0 Å². The van der Waals surface area contributed by atoms with Crippen molar-refractivity contribution in [2.75, 3.05) is 40.5 Å². The molecule has 1 aliphatic rings. The topological polar surface area (TPSA) is 33.7 Å². The van der Waals surface area contributed by atoms with Crippen molar-refractivity contribution in [1.29, 1.82) is 0 Å². The molecular formula is C12H26N2O2. The number of likely N-dealkylation sites (N-methyl/N-ethyl adjacent to an activating group) is 2. The van der Waals surface area contributed by atoms with Crippen LogP contribution >= 0.6 is 0 Å². The van der Waals surface area contributed by atoms with Gasteiger partial charge in [0.1, 0.15) is 0 Å². The van der Waals surface area contributed by atoms with Gasteiger partial charge in [-0.3, -0.25) is 4.90 Å². The minimum atomic E-state index is 0.339. The fourth-order valence-corrected chi connectivity index (χ4v) is 2.35. The third-order valence-corrected chi connectivity index (χ3v) is 3.42. The molecule has 0 aliphatic carbocycles. The second-order valence-corrected chi connectivity index (χ2v) is 4.51. The SMILES string of the molecule is CCNCC(COC)N(C)C1CCOC1C. The Morgan fingerprint density at radius 3 is 2.81 bits per heavy atom. The number of rotatable bonds is 7. The summed E-state index contributed by atoms with van der Waals surface area (Å²) in [4.78, 5) is 2.41. The van der Waals surface area contributed by atoms with Gasteiger partial charge in [0.05, 0.1) is 12.7 Å². The second-order valence-electron chi connectivity index (χ2n) is 4.51. The fourth-order valence-electron chi connectivity index (χ4n) is 2.35. The summed E-state index contributed by atoms with van der Waals surface area (Å²) in [6.07, 6.45) is 1.47. The Morgan fingerprint density at radius 2 is 2.31 bits per heavy atom. The van der Waals surface area contributed by atoms with Crippen molar-refractivity contribution in [3.8, 4) is 0 Å². The average molecular weight is 230 g/mol. The van der Waals surface area contributed by atoms with Crippen LogP contribution in [0, 0.1) is 0 Å². The van der Waals surface area contributed by atoms with Crippen LogP contribution in [0.4, 0.5) is 0 Å². The van der Waals surface area contributed by atoms with E-state index in [4.69, 9.17) is 9.47 Å². The number of ether oxygens (including phenoxy) is 2. The van der Waals surface area contributed by atoms with Crippen LogP contribution in [-0.2, 0) is 9.47 Å². The highest BCUT2D eigenvalue weighted by molar-refractivity contribution is 4.85. The van der Waals surface area contributed by atoms with Crippen molar-refractivity contribution in [2.45, 2.75) is 38.5 Å². The molecule has 0 saturated carbocycles. The summed E-state index contributed by atoms with van der Waals surface area (Å²) in [5.41, 5.74) is 0. The molecule has 1 rings (SSSR count). The molecule has 1 heterocycles. The van der Waals surface area contributed by atoms with Crippen LogP contribution in [0.15, 0.2) is 0 Å². The zero-order chi connectivity index (χ0) is 12.0. The Balaban J connectivity index is 2.47. The molecule has 0 bridgehead atoms. The van der Waals surface area contributed by atoms with Crippen molar-refractivity contribution in [2.24, 2.45) is 0 Å². The molecule has 3 unspecified atom stereocenters. The first kappa shape index (κ1) is 13.9. The Kier molecular flexibility index (Phi) is 6.28. The predicted molar refractivity (Wildman–Crippen MR) is 65.8 cm³/mol. The molecule has 1 aliphatic heterocycles. The van der Waals surface area contributed by atoms with E-state index in [1.807, 2.05) is 0 Å². The molecule has 4 nitrogen and oxygen atoms in total. The first-order chi connectivity index (χ1) is 7.70. The fraction of sp³-hybridized carbons (Fsp3) is 1.00. The number of nitrogens with one attached hydrogen (secondary N) is 1. The predicted octanol–water partition coefficient (Wildman–Crippen LogP) is 0.720. The van der Waals surface area contributed by atoms with E-state index in [0.29, 0.717) is 18.2 Å². The zero-order valence-electron chi connectivity index (χ0n) is 11.0. The minimum absolute atomic E-state index is 0.339. The average Bonchev–Trinajstić information content (AvgIpc) is 2.69. The van der Waals surface area contributed by atoms with Gasteiger partial charge in [0.2, 0.25) is 0 Å². The Morgan fingerprint density at radius 1 is 1.56 bits per heavy atom. The van der Waals surface area contributed by atoms with Crippen molar-refractivity contribution in [1.82, 2.24) is 10.2 Å². The normalized spacial score (nSPS) is 27.6. The van der Waals surface area contributed by atoms with E-state index < -0.39 is 0 Å². The first-order valence-electron chi connectivity index (χ1n) is 6.23. The van der Waals surface area contributed by atoms with E-state index in [1.165, 1.54) is 0 Å². The van der Waals surface area contributed by atoms with Gasteiger partial charge in [-0.05, 0) is 26.9 Å². The van der Waals surface area contributed by atoms with Gasteiger partial charge in [0.25, 0.3) is 0 Å². The summed E-state index contributed by atoms with van der Waals surface area (Å²) in [6.45, 7) is 7.93. The largest absolute Gasteiger partial charge is 0.383 e. The number of hydrogen-bond donors (Lipinski definition) is 1. The minimum Gasteiger partial charge on any atom is -0.383 e. The van der Waals surface area contributed by atoms with E-state index >= 15 is 0 Å². The quantitative estimate of drug-likeness (QED) is 0.699. The molecule has 4 heteroatoms. The molecule has 0 aromatic rings. The lowest BCUT2D eigenvalue weighted by Gasteiger charge is -2.34. The molecule has 0 aromatic heterocycles. The van der Waals surface area contributed by atoms with Gasteiger partial charge in [-0.15, -0.1) is 0 Å². The van der Waals surface area contributed by atoms with Gasteiger partial charge in [0.15, 0.2) is 0 Å². The summed E-state index contributed by atoms with van der Waals surface area (Å²) in [7, 11) is 3.94. The van der Waals surface area contributed by atoms with Crippen molar-refractivity contribution < 1.29 is 9.47 Å². The number of methoxy groups -OCH3 is 1. The maximum absolute atomic E-state index is 5.62. The molecule has 1 N–H and O–H groups in total. The Hall–Kier alpha value is -0.160. The summed E-state index contributed by atoms with van der Waals surface area (Å²) < 4.78 is 10.9. The van der Waals surface area contributed by atoms with E-state index in [2.05, 4.69) is 31.1 Å². The molecule has 0 amide bonds. The molecule has 3 atom stereocenters. The van der Waals surface area contributed by atoms with Gasteiger partial charge in [-0.2, -0.15) is 0 Å². The molecule has 0 spiro atoms. The molecule has 1 saturated heterocycles.